The minimum atomic E-state index is -0.435. The molecule has 0 saturated carbocycles. The van der Waals surface area contributed by atoms with Crippen molar-refractivity contribution in [3.05, 3.63) is 86.5 Å². The van der Waals surface area contributed by atoms with Gasteiger partial charge in [-0.3, -0.25) is 9.59 Å². The minimum Gasteiger partial charge on any atom is -0.493 e. The van der Waals surface area contributed by atoms with Gasteiger partial charge in [-0.2, -0.15) is 5.10 Å². The van der Waals surface area contributed by atoms with Crippen molar-refractivity contribution in [3.63, 3.8) is 0 Å². The van der Waals surface area contributed by atoms with Gasteiger partial charge in [0.1, 0.15) is 0 Å². The van der Waals surface area contributed by atoms with Gasteiger partial charge in [0.25, 0.3) is 11.8 Å². The summed E-state index contributed by atoms with van der Waals surface area (Å²) in [5, 5.41) is 6.83. The monoisotopic (exact) mass is 543 g/mol. The third-order valence-corrected chi connectivity index (χ3v) is 5.21. The molecule has 0 atom stereocenters. The first-order chi connectivity index (χ1) is 15.4. The van der Waals surface area contributed by atoms with E-state index in [9.17, 15) is 9.59 Å². The number of carbonyl (C=O) groups is 2. The molecule has 0 saturated heterocycles. The summed E-state index contributed by atoms with van der Waals surface area (Å²) in [4.78, 5) is 25.6. The van der Waals surface area contributed by atoms with Crippen LogP contribution in [0.2, 0.25) is 0 Å². The zero-order chi connectivity index (χ0) is 23.1. The molecule has 8 heteroatoms. The van der Waals surface area contributed by atoms with E-state index in [1.54, 1.807) is 42.6 Å². The molecule has 0 aliphatic rings. The number of methoxy groups -OCH3 is 2. The maximum absolute atomic E-state index is 12.8. The number of ether oxygens (including phenoxy) is 2. The number of aryl methyl sites for hydroxylation is 1. The Labute approximate surface area is 200 Å². The molecule has 32 heavy (non-hydrogen) atoms. The number of anilines is 1. The van der Waals surface area contributed by atoms with Crippen LogP contribution in [-0.2, 0) is 0 Å². The summed E-state index contributed by atoms with van der Waals surface area (Å²) >= 11 is 2.11. The van der Waals surface area contributed by atoms with Gasteiger partial charge < -0.3 is 14.8 Å². The van der Waals surface area contributed by atoms with Gasteiger partial charge in [0.05, 0.1) is 31.7 Å². The molecule has 0 bridgehead atoms. The highest BCUT2D eigenvalue weighted by Gasteiger charge is 2.16. The predicted molar refractivity (Wildman–Crippen MR) is 133 cm³/mol. The number of benzene rings is 3. The van der Waals surface area contributed by atoms with Crippen molar-refractivity contribution in [2.24, 2.45) is 5.10 Å². The maximum atomic E-state index is 12.8. The van der Waals surface area contributed by atoms with E-state index in [1.807, 2.05) is 31.2 Å². The lowest BCUT2D eigenvalue weighted by Crippen LogP contribution is -2.21. The summed E-state index contributed by atoms with van der Waals surface area (Å²) in [6.07, 6.45) is 1.57. The second kappa shape index (κ2) is 10.8. The van der Waals surface area contributed by atoms with Gasteiger partial charge in [-0.05, 0) is 71.5 Å². The number of nitrogens with zero attached hydrogens (tertiary/aromatic N) is 1. The Balaban J connectivity index is 1.78. The van der Waals surface area contributed by atoms with Crippen molar-refractivity contribution in [2.75, 3.05) is 19.5 Å². The van der Waals surface area contributed by atoms with E-state index < -0.39 is 5.91 Å². The van der Waals surface area contributed by atoms with E-state index in [-0.39, 0.29) is 5.91 Å². The van der Waals surface area contributed by atoms with Crippen molar-refractivity contribution in [1.29, 1.82) is 0 Å². The number of hydrogen-bond acceptors (Lipinski definition) is 5. The maximum Gasteiger partial charge on any atom is 0.273 e. The number of hydrogen-bond donors (Lipinski definition) is 2. The Morgan fingerprint density at radius 3 is 2.44 bits per heavy atom. The van der Waals surface area contributed by atoms with Gasteiger partial charge in [-0.15, -0.1) is 0 Å². The highest BCUT2D eigenvalue weighted by molar-refractivity contribution is 14.1. The van der Waals surface area contributed by atoms with E-state index in [1.165, 1.54) is 14.2 Å². The summed E-state index contributed by atoms with van der Waals surface area (Å²) < 4.78 is 11.3. The molecular formula is C24H22IN3O4. The molecule has 2 amide bonds. The smallest absolute Gasteiger partial charge is 0.273 e. The molecule has 164 valence electrons. The van der Waals surface area contributed by atoms with Crippen LogP contribution in [0, 0.1) is 10.5 Å². The van der Waals surface area contributed by atoms with Crippen molar-refractivity contribution >= 4 is 46.3 Å². The van der Waals surface area contributed by atoms with Gasteiger partial charge in [0.15, 0.2) is 11.5 Å². The van der Waals surface area contributed by atoms with Crippen LogP contribution in [-0.4, -0.2) is 32.2 Å². The van der Waals surface area contributed by atoms with Crippen LogP contribution >= 0.6 is 22.6 Å². The van der Waals surface area contributed by atoms with Crippen LogP contribution in [0.4, 0.5) is 5.69 Å². The van der Waals surface area contributed by atoms with E-state index in [0.29, 0.717) is 28.3 Å². The Bertz CT molecular complexity index is 1180. The second-order valence-corrected chi connectivity index (χ2v) is 8.07. The summed E-state index contributed by atoms with van der Waals surface area (Å²) in [5.74, 6) is 0.135. The number of hydrazone groups is 1. The lowest BCUT2D eigenvalue weighted by Gasteiger charge is -2.12. The number of halogens is 1. The largest absolute Gasteiger partial charge is 0.493 e. The minimum absolute atomic E-state index is 0.298. The van der Waals surface area contributed by atoms with Crippen LogP contribution in [0.25, 0.3) is 0 Å². The Morgan fingerprint density at radius 2 is 1.72 bits per heavy atom. The Kier molecular flexibility index (Phi) is 7.82. The molecular weight excluding hydrogens is 521 g/mol. The molecule has 0 aromatic heterocycles. The standard InChI is InChI=1S/C24H22IN3O4/c1-15-5-4-6-16(11-15)14-26-28-24(30)19-13-18(25)8-9-20(19)27-23(29)17-7-10-21(31-2)22(12-17)32-3/h4-14H,1-3H3,(H,27,29)(H,28,30). The first-order valence-electron chi connectivity index (χ1n) is 9.64. The molecule has 0 spiro atoms. The second-order valence-electron chi connectivity index (χ2n) is 6.83. The fourth-order valence-corrected chi connectivity index (χ4v) is 3.45. The van der Waals surface area contributed by atoms with Gasteiger partial charge in [0.2, 0.25) is 0 Å². The Hall–Kier alpha value is -3.40. The van der Waals surface area contributed by atoms with Crippen molar-refractivity contribution in [1.82, 2.24) is 5.43 Å². The fourth-order valence-electron chi connectivity index (χ4n) is 2.96. The summed E-state index contributed by atoms with van der Waals surface area (Å²) in [5.41, 5.74) is 5.52. The zero-order valence-corrected chi connectivity index (χ0v) is 20.0. The van der Waals surface area contributed by atoms with Crippen LogP contribution in [0.1, 0.15) is 31.8 Å². The first-order valence-corrected chi connectivity index (χ1v) is 10.7. The van der Waals surface area contributed by atoms with E-state index in [0.717, 1.165) is 14.7 Å². The van der Waals surface area contributed by atoms with Gasteiger partial charge >= 0.3 is 0 Å². The van der Waals surface area contributed by atoms with Gasteiger partial charge in [0, 0.05) is 9.13 Å². The lowest BCUT2D eigenvalue weighted by molar-refractivity contribution is 0.0956. The fraction of sp³-hybridized carbons (Fsp3) is 0.125. The summed E-state index contributed by atoms with van der Waals surface area (Å²) in [7, 11) is 3.02. The van der Waals surface area contributed by atoms with Gasteiger partial charge in [-0.25, -0.2) is 5.43 Å². The van der Waals surface area contributed by atoms with Crippen LogP contribution in [0.3, 0.4) is 0 Å². The molecule has 0 radical (unpaired) electrons. The number of carbonyl (C=O) groups excluding carboxylic acids is 2. The molecule has 0 heterocycles. The SMILES string of the molecule is COc1ccc(C(=O)Nc2ccc(I)cc2C(=O)NN=Cc2cccc(C)c2)cc1OC. The zero-order valence-electron chi connectivity index (χ0n) is 17.8. The lowest BCUT2D eigenvalue weighted by atomic mass is 10.1. The molecule has 2 N–H and O–H groups in total. The molecule has 0 aliphatic carbocycles. The number of rotatable bonds is 7. The summed E-state index contributed by atoms with van der Waals surface area (Å²) in [6, 6.07) is 17.8. The van der Waals surface area contributed by atoms with Crippen LogP contribution < -0.4 is 20.2 Å². The topological polar surface area (TPSA) is 89.0 Å². The quantitative estimate of drug-likeness (QED) is 0.259. The highest BCUT2D eigenvalue weighted by atomic mass is 127. The molecule has 7 nitrogen and oxygen atoms in total. The first kappa shape index (κ1) is 23.3. The molecule has 0 unspecified atom stereocenters. The Morgan fingerprint density at radius 1 is 0.938 bits per heavy atom. The molecule has 0 fully saturated rings. The summed E-state index contributed by atoms with van der Waals surface area (Å²) in [6.45, 7) is 1.98. The average Bonchev–Trinajstić information content (AvgIpc) is 2.79. The predicted octanol–water partition coefficient (Wildman–Crippen LogP) is 4.63. The van der Waals surface area contributed by atoms with E-state index in [4.69, 9.17) is 9.47 Å². The number of amides is 2. The average molecular weight is 543 g/mol. The van der Waals surface area contributed by atoms with Crippen molar-refractivity contribution < 1.29 is 19.1 Å². The third kappa shape index (κ3) is 5.85. The molecule has 3 aromatic rings. The van der Waals surface area contributed by atoms with E-state index in [2.05, 4.69) is 38.4 Å². The third-order valence-electron chi connectivity index (χ3n) is 4.54. The van der Waals surface area contributed by atoms with Crippen molar-refractivity contribution in [2.45, 2.75) is 6.92 Å². The number of nitrogens with one attached hydrogen (secondary N) is 2. The molecule has 3 rings (SSSR count). The highest BCUT2D eigenvalue weighted by Crippen LogP contribution is 2.28. The van der Waals surface area contributed by atoms with Crippen molar-refractivity contribution in [3.8, 4) is 11.5 Å². The molecule has 3 aromatic carbocycles. The molecule has 0 aliphatic heterocycles. The van der Waals surface area contributed by atoms with Gasteiger partial charge in [-0.1, -0.05) is 29.8 Å². The van der Waals surface area contributed by atoms with Crippen LogP contribution in [0.15, 0.2) is 65.8 Å². The normalized spacial score (nSPS) is 10.6. The van der Waals surface area contributed by atoms with Crippen LogP contribution in [0.5, 0.6) is 11.5 Å². The van der Waals surface area contributed by atoms with E-state index >= 15 is 0 Å².